The summed E-state index contributed by atoms with van der Waals surface area (Å²) in [5.74, 6) is 0. The molecule has 0 saturated carbocycles. The second-order valence-corrected chi connectivity index (χ2v) is 3.77. The van der Waals surface area contributed by atoms with Crippen LogP contribution in [0.3, 0.4) is 0 Å². The van der Waals surface area contributed by atoms with Gasteiger partial charge < -0.3 is 9.29 Å². The van der Waals surface area contributed by atoms with Gasteiger partial charge in [-0.3, -0.25) is 4.21 Å². The molecule has 1 aliphatic heterocycles. The topological polar surface area (TPSA) is 52.6 Å². The van der Waals surface area contributed by atoms with Crippen molar-refractivity contribution in [2.75, 3.05) is 13.1 Å². The summed E-state index contributed by atoms with van der Waals surface area (Å²) in [4.78, 5) is 0. The molecule has 0 N–H and O–H groups in total. The number of ether oxygens (including phenoxy) is 1. The molecule has 1 aliphatic rings. The molecular formula is C6H12NO3S-. The summed E-state index contributed by atoms with van der Waals surface area (Å²) in [6.07, 6.45) is 0.0216. The van der Waals surface area contributed by atoms with Crippen LogP contribution in [0.15, 0.2) is 0 Å². The van der Waals surface area contributed by atoms with Gasteiger partial charge in [0.1, 0.15) is 0 Å². The number of nitrogens with zero attached hydrogens (tertiary/aromatic N) is 1. The Kier molecular flexibility index (Phi) is 3.00. The largest absolute Gasteiger partial charge is 0.760 e. The van der Waals surface area contributed by atoms with Crippen LogP contribution in [0.25, 0.3) is 0 Å². The average molecular weight is 178 g/mol. The van der Waals surface area contributed by atoms with Crippen molar-refractivity contribution in [1.29, 1.82) is 0 Å². The lowest BCUT2D eigenvalue weighted by Crippen LogP contribution is -2.45. The van der Waals surface area contributed by atoms with Crippen LogP contribution < -0.4 is 0 Å². The predicted molar refractivity (Wildman–Crippen MR) is 40.5 cm³/mol. The van der Waals surface area contributed by atoms with Gasteiger partial charge in [-0.05, 0) is 13.8 Å². The minimum absolute atomic E-state index is 0.0108. The van der Waals surface area contributed by atoms with E-state index in [1.165, 1.54) is 4.31 Å². The van der Waals surface area contributed by atoms with Gasteiger partial charge in [-0.25, -0.2) is 4.31 Å². The van der Waals surface area contributed by atoms with Gasteiger partial charge in [-0.2, -0.15) is 0 Å². The zero-order valence-corrected chi connectivity index (χ0v) is 7.47. The van der Waals surface area contributed by atoms with Gasteiger partial charge in [-0.15, -0.1) is 0 Å². The lowest BCUT2D eigenvalue weighted by Gasteiger charge is -2.35. The Hall–Kier alpha value is 0.0300. The third-order valence-electron chi connectivity index (χ3n) is 1.60. The van der Waals surface area contributed by atoms with Crippen molar-refractivity contribution in [1.82, 2.24) is 4.31 Å². The maximum Gasteiger partial charge on any atom is 0.0688 e. The zero-order chi connectivity index (χ0) is 8.43. The lowest BCUT2D eigenvalue weighted by atomic mass is 10.3. The van der Waals surface area contributed by atoms with E-state index >= 15 is 0 Å². The molecule has 0 aliphatic carbocycles. The van der Waals surface area contributed by atoms with E-state index in [9.17, 15) is 8.76 Å². The van der Waals surface area contributed by atoms with Gasteiger partial charge in [0, 0.05) is 24.4 Å². The fourth-order valence-electron chi connectivity index (χ4n) is 1.25. The first-order valence-corrected chi connectivity index (χ1v) is 4.62. The highest BCUT2D eigenvalue weighted by Gasteiger charge is 2.22. The second kappa shape index (κ2) is 3.62. The summed E-state index contributed by atoms with van der Waals surface area (Å²) in [5, 5.41) is 0. The molecule has 1 fully saturated rings. The highest BCUT2D eigenvalue weighted by atomic mass is 32.2. The van der Waals surface area contributed by atoms with Gasteiger partial charge in [-0.1, -0.05) is 0 Å². The molecule has 3 atom stereocenters. The van der Waals surface area contributed by atoms with E-state index in [0.29, 0.717) is 13.1 Å². The molecule has 4 nitrogen and oxygen atoms in total. The maximum absolute atomic E-state index is 10.5. The molecule has 5 heteroatoms. The van der Waals surface area contributed by atoms with Crippen LogP contribution >= 0.6 is 0 Å². The summed E-state index contributed by atoms with van der Waals surface area (Å²) in [6, 6.07) is 0. The van der Waals surface area contributed by atoms with Crippen molar-refractivity contribution >= 4 is 11.3 Å². The fraction of sp³-hybridized carbons (Fsp3) is 1.00. The maximum atomic E-state index is 10.5. The highest BCUT2D eigenvalue weighted by Crippen LogP contribution is 2.10. The Balaban J connectivity index is 2.49. The average Bonchev–Trinajstić information content (AvgIpc) is 1.85. The first kappa shape index (κ1) is 9.12. The number of morpholine rings is 1. The normalized spacial score (nSPS) is 37.0. The van der Waals surface area contributed by atoms with Crippen LogP contribution in [0.5, 0.6) is 0 Å². The van der Waals surface area contributed by atoms with Crippen molar-refractivity contribution in [3.63, 3.8) is 0 Å². The van der Waals surface area contributed by atoms with Crippen molar-refractivity contribution in [2.24, 2.45) is 0 Å². The minimum atomic E-state index is -2.09. The first-order valence-electron chi connectivity index (χ1n) is 3.59. The zero-order valence-electron chi connectivity index (χ0n) is 6.65. The van der Waals surface area contributed by atoms with Gasteiger partial charge in [0.25, 0.3) is 0 Å². The second-order valence-electron chi connectivity index (χ2n) is 2.82. The van der Waals surface area contributed by atoms with E-state index in [2.05, 4.69) is 0 Å². The van der Waals surface area contributed by atoms with Crippen LogP contribution in [0.4, 0.5) is 0 Å². The summed E-state index contributed by atoms with van der Waals surface area (Å²) in [5.41, 5.74) is 0. The number of hydrogen-bond acceptors (Lipinski definition) is 3. The smallest absolute Gasteiger partial charge is 0.0688 e. The van der Waals surface area contributed by atoms with Crippen LogP contribution in [0, 0.1) is 0 Å². The van der Waals surface area contributed by atoms with Crippen molar-refractivity contribution in [3.05, 3.63) is 0 Å². The SMILES string of the molecule is CC1CN(S(=O)[O-])CC(C)O1. The van der Waals surface area contributed by atoms with E-state index < -0.39 is 11.3 Å². The number of hydrogen-bond donors (Lipinski definition) is 0. The molecule has 0 amide bonds. The molecule has 0 aromatic rings. The Morgan fingerprint density at radius 3 is 2.27 bits per heavy atom. The molecular weight excluding hydrogens is 166 g/mol. The van der Waals surface area contributed by atoms with Crippen molar-refractivity contribution in [3.8, 4) is 0 Å². The Morgan fingerprint density at radius 1 is 1.45 bits per heavy atom. The molecule has 0 aromatic carbocycles. The molecule has 3 unspecified atom stereocenters. The molecule has 1 rings (SSSR count). The monoisotopic (exact) mass is 178 g/mol. The molecule has 0 bridgehead atoms. The standard InChI is InChI=1S/C6H13NO3S/c1-5-3-7(11(8)9)4-6(2)10-5/h5-6H,3-4H2,1-2H3,(H,8,9)/p-1. The fourth-order valence-corrected chi connectivity index (χ4v) is 1.92. The highest BCUT2D eigenvalue weighted by molar-refractivity contribution is 7.76. The van der Waals surface area contributed by atoms with Crippen molar-refractivity contribution in [2.45, 2.75) is 26.1 Å². The Bertz CT molecular complexity index is 154. The minimum Gasteiger partial charge on any atom is -0.760 e. The van der Waals surface area contributed by atoms with Crippen molar-refractivity contribution < 1.29 is 13.5 Å². The Labute approximate surface area is 68.9 Å². The third-order valence-corrected chi connectivity index (χ3v) is 2.32. The van der Waals surface area contributed by atoms with Gasteiger partial charge in [0.05, 0.1) is 12.2 Å². The van der Waals surface area contributed by atoms with E-state index in [0.717, 1.165) is 0 Å². The Morgan fingerprint density at radius 2 is 1.91 bits per heavy atom. The van der Waals surface area contributed by atoms with Gasteiger partial charge in [0.15, 0.2) is 0 Å². The summed E-state index contributed by atoms with van der Waals surface area (Å²) in [7, 11) is 0. The van der Waals surface area contributed by atoms with Crippen LogP contribution in [0.1, 0.15) is 13.8 Å². The quantitative estimate of drug-likeness (QED) is 0.526. The van der Waals surface area contributed by atoms with Crippen LogP contribution in [0.2, 0.25) is 0 Å². The molecule has 0 spiro atoms. The summed E-state index contributed by atoms with van der Waals surface area (Å²) < 4.78 is 27.8. The summed E-state index contributed by atoms with van der Waals surface area (Å²) >= 11 is -2.09. The number of rotatable bonds is 1. The summed E-state index contributed by atoms with van der Waals surface area (Å²) in [6.45, 7) is 4.69. The van der Waals surface area contributed by atoms with Crippen LogP contribution in [-0.4, -0.2) is 38.4 Å². The molecule has 66 valence electrons. The first-order chi connectivity index (χ1) is 5.09. The van der Waals surface area contributed by atoms with E-state index in [1.807, 2.05) is 13.8 Å². The van der Waals surface area contributed by atoms with Gasteiger partial charge in [0.2, 0.25) is 0 Å². The predicted octanol–water partition coefficient (Wildman–Crippen LogP) is -0.110. The molecule has 1 saturated heterocycles. The van der Waals surface area contributed by atoms with E-state index in [4.69, 9.17) is 4.74 Å². The lowest BCUT2D eigenvalue weighted by molar-refractivity contribution is -0.0445. The third kappa shape index (κ3) is 2.52. The molecule has 11 heavy (non-hydrogen) atoms. The van der Waals surface area contributed by atoms with E-state index in [1.54, 1.807) is 0 Å². The van der Waals surface area contributed by atoms with E-state index in [-0.39, 0.29) is 12.2 Å². The van der Waals surface area contributed by atoms with Gasteiger partial charge >= 0.3 is 0 Å². The molecule has 1 heterocycles. The molecule has 0 radical (unpaired) electrons. The van der Waals surface area contributed by atoms with Crippen LogP contribution in [-0.2, 0) is 16.0 Å². The molecule has 0 aromatic heterocycles.